The summed E-state index contributed by atoms with van der Waals surface area (Å²) in [7, 11) is 0. The third kappa shape index (κ3) is 1.33. The van der Waals surface area contributed by atoms with E-state index in [0.29, 0.717) is 5.70 Å². The Bertz CT molecular complexity index is 181. The lowest BCUT2D eigenvalue weighted by atomic mass is 10.4. The van der Waals surface area contributed by atoms with Crippen LogP contribution in [-0.4, -0.2) is 6.29 Å². The molecule has 42 valence electrons. The zero-order chi connectivity index (χ0) is 5.82. The molecule has 0 N–H and O–H groups in total. The van der Waals surface area contributed by atoms with Crippen molar-refractivity contribution in [1.29, 1.82) is 0 Å². The molecule has 0 radical (unpaired) electrons. The molecule has 0 atom stereocenters. The monoisotopic (exact) mass is 221 g/mol. The van der Waals surface area contributed by atoms with Crippen molar-refractivity contribution < 1.29 is 4.79 Å². The summed E-state index contributed by atoms with van der Waals surface area (Å²) in [5.41, 5.74) is 0.584. The van der Waals surface area contributed by atoms with Gasteiger partial charge in [-0.3, -0.25) is 4.79 Å². The average Bonchev–Trinajstić information content (AvgIpc) is 1.90. The lowest BCUT2D eigenvalue weighted by molar-refractivity contribution is -0.104. The summed E-state index contributed by atoms with van der Waals surface area (Å²) >= 11 is -0.187. The van der Waals surface area contributed by atoms with E-state index in [1.165, 1.54) is 0 Å². The molecule has 0 amide bonds. The number of hydrogen-bond acceptors (Lipinski definition) is 2. The van der Waals surface area contributed by atoms with Crippen LogP contribution in [0.3, 0.4) is 0 Å². The van der Waals surface area contributed by atoms with Gasteiger partial charge >= 0.3 is 0 Å². The van der Waals surface area contributed by atoms with Crippen LogP contribution in [0, 0.1) is 0 Å². The number of carbonyl (C=O) groups excluding carboxylic acids is 1. The first-order chi connectivity index (χ1) is 3.93. The van der Waals surface area contributed by atoms with E-state index in [0.717, 1.165) is 6.29 Å². The Labute approximate surface area is 57.4 Å². The molecule has 8 heavy (non-hydrogen) atoms. The quantitative estimate of drug-likeness (QED) is 0.489. The highest BCUT2D eigenvalue weighted by Gasteiger charge is 1.88. The van der Waals surface area contributed by atoms with E-state index in [1.807, 2.05) is 10.2 Å². The van der Waals surface area contributed by atoms with E-state index in [1.54, 1.807) is 6.08 Å². The molecule has 0 aliphatic carbocycles. The summed E-state index contributed by atoms with van der Waals surface area (Å²) in [5, 5.41) is 0. The van der Waals surface area contributed by atoms with Gasteiger partial charge in [-0.2, -0.15) is 0 Å². The van der Waals surface area contributed by atoms with Gasteiger partial charge in [0.25, 0.3) is 0 Å². The third-order valence-electron chi connectivity index (χ3n) is 0.663. The largest absolute Gasteiger partial charge is 0.296 e. The maximum atomic E-state index is 9.98. The Morgan fingerprint density at radius 2 is 2.62 bits per heavy atom. The first-order valence-electron chi connectivity index (χ1n) is 2.09. The van der Waals surface area contributed by atoms with Gasteiger partial charge < -0.3 is 0 Å². The molecule has 0 aromatic heterocycles. The van der Waals surface area contributed by atoms with Gasteiger partial charge in [0.05, 0.1) is 0 Å². The normalized spacial score (nSPS) is 16.8. The fraction of sp³-hybridized carbons (Fsp3) is 0. The molecule has 0 aromatic rings. The molecule has 0 aromatic carbocycles. The van der Waals surface area contributed by atoms with E-state index in [-0.39, 0.29) is 21.0 Å². The standard InChI is InChI=1S/C5H4INO/c8-4-5-2-1-3-6-7-5/h1-4H. The third-order valence-corrected chi connectivity index (χ3v) is 2.24. The van der Waals surface area contributed by atoms with Crippen molar-refractivity contribution in [2.24, 2.45) is 3.15 Å². The average molecular weight is 221 g/mol. The highest BCUT2D eigenvalue weighted by molar-refractivity contribution is 14.2. The number of hydrogen-bond donors (Lipinski definition) is 0. The molecule has 2 nitrogen and oxygen atoms in total. The van der Waals surface area contributed by atoms with Gasteiger partial charge in [0.15, 0.2) is 6.29 Å². The van der Waals surface area contributed by atoms with Crippen LogP contribution < -0.4 is 0 Å². The van der Waals surface area contributed by atoms with Crippen molar-refractivity contribution in [3.05, 3.63) is 21.9 Å². The molecule has 1 heterocycles. The summed E-state index contributed by atoms with van der Waals surface area (Å²) in [4.78, 5) is 9.98. The second kappa shape index (κ2) is 2.86. The van der Waals surface area contributed by atoms with Crippen LogP contribution in [0.5, 0.6) is 0 Å². The number of nitrogens with zero attached hydrogens (tertiary/aromatic N) is 1. The fourth-order valence-corrected chi connectivity index (χ4v) is 1.49. The van der Waals surface area contributed by atoms with Crippen LogP contribution in [0.1, 0.15) is 0 Å². The second-order valence-corrected chi connectivity index (χ2v) is 2.97. The predicted molar refractivity (Wildman–Crippen MR) is 39.7 cm³/mol. The van der Waals surface area contributed by atoms with Crippen molar-refractivity contribution in [2.45, 2.75) is 0 Å². The minimum absolute atomic E-state index is 0.187. The van der Waals surface area contributed by atoms with Crippen molar-refractivity contribution in [1.82, 2.24) is 0 Å². The van der Waals surface area contributed by atoms with Gasteiger partial charge in [0.2, 0.25) is 0 Å². The molecule has 0 fully saturated rings. The van der Waals surface area contributed by atoms with E-state index in [2.05, 4.69) is 3.15 Å². The van der Waals surface area contributed by atoms with Gasteiger partial charge in [-0.05, 0) is 10.2 Å². The van der Waals surface area contributed by atoms with Crippen molar-refractivity contribution in [3.63, 3.8) is 0 Å². The summed E-state index contributed by atoms with van der Waals surface area (Å²) in [6, 6.07) is 0. The van der Waals surface area contributed by atoms with Crippen LogP contribution in [-0.2, 0) is 4.79 Å². The van der Waals surface area contributed by atoms with Crippen molar-refractivity contribution >= 4 is 27.3 Å². The minimum Gasteiger partial charge on any atom is -0.296 e. The number of carbonyl (C=O) groups is 1. The second-order valence-electron chi connectivity index (χ2n) is 1.21. The zero-order valence-corrected chi connectivity index (χ0v) is 6.20. The number of aldehydes is 1. The SMILES string of the molecule is O=CC1=CC=CI=N1. The summed E-state index contributed by atoms with van der Waals surface area (Å²) < 4.78 is 5.97. The summed E-state index contributed by atoms with van der Waals surface area (Å²) in [5.74, 6) is 0. The van der Waals surface area contributed by atoms with Crippen LogP contribution in [0.4, 0.5) is 0 Å². The highest BCUT2D eigenvalue weighted by Crippen LogP contribution is 2.12. The molecule has 0 saturated heterocycles. The highest BCUT2D eigenvalue weighted by atomic mass is 127. The lowest BCUT2D eigenvalue weighted by Crippen LogP contribution is -1.75. The van der Waals surface area contributed by atoms with Crippen molar-refractivity contribution in [2.75, 3.05) is 0 Å². The molecule has 1 aliphatic heterocycles. The molecule has 0 unspecified atom stereocenters. The molecule has 1 aliphatic rings. The van der Waals surface area contributed by atoms with Crippen LogP contribution >= 0.6 is 21.0 Å². The Morgan fingerprint density at radius 3 is 3.00 bits per heavy atom. The number of allylic oxidation sites excluding steroid dienone is 3. The number of halogens is 1. The zero-order valence-electron chi connectivity index (χ0n) is 4.04. The molecule has 0 spiro atoms. The van der Waals surface area contributed by atoms with E-state index < -0.39 is 0 Å². The smallest absolute Gasteiger partial charge is 0.168 e. The van der Waals surface area contributed by atoms with Crippen LogP contribution in [0.15, 0.2) is 25.1 Å². The minimum atomic E-state index is -0.187. The summed E-state index contributed by atoms with van der Waals surface area (Å²) in [6.07, 6.45) is 4.38. The Hall–Kier alpha value is -0.320. The van der Waals surface area contributed by atoms with Gasteiger partial charge in [-0.1, -0.05) is 6.08 Å². The molecular weight excluding hydrogens is 217 g/mol. The molecule has 1 rings (SSSR count). The molecular formula is C5H4INO. The topological polar surface area (TPSA) is 29.4 Å². The van der Waals surface area contributed by atoms with Crippen LogP contribution in [0.2, 0.25) is 0 Å². The van der Waals surface area contributed by atoms with Crippen molar-refractivity contribution in [3.8, 4) is 0 Å². The van der Waals surface area contributed by atoms with E-state index in [9.17, 15) is 4.79 Å². The van der Waals surface area contributed by atoms with Gasteiger partial charge in [0.1, 0.15) is 5.70 Å². The van der Waals surface area contributed by atoms with Gasteiger partial charge in [0, 0.05) is 21.0 Å². The molecule has 0 bridgehead atoms. The Morgan fingerprint density at radius 1 is 1.75 bits per heavy atom. The lowest BCUT2D eigenvalue weighted by Gasteiger charge is -1.87. The van der Waals surface area contributed by atoms with E-state index in [4.69, 9.17) is 0 Å². The Balaban J connectivity index is 2.82. The first kappa shape index (κ1) is 5.81. The number of rotatable bonds is 1. The molecule has 0 saturated carbocycles. The first-order valence-corrected chi connectivity index (χ1v) is 4.30. The van der Waals surface area contributed by atoms with Gasteiger partial charge in [-0.25, -0.2) is 3.15 Å². The van der Waals surface area contributed by atoms with Crippen LogP contribution in [0.25, 0.3) is 0 Å². The molecule has 3 heteroatoms. The maximum Gasteiger partial charge on any atom is 0.168 e. The van der Waals surface area contributed by atoms with Gasteiger partial charge in [-0.15, -0.1) is 0 Å². The summed E-state index contributed by atoms with van der Waals surface area (Å²) in [6.45, 7) is 0. The maximum absolute atomic E-state index is 9.98. The fourth-order valence-electron chi connectivity index (χ4n) is 0.339. The van der Waals surface area contributed by atoms with E-state index >= 15 is 0 Å². The Kier molecular flexibility index (Phi) is 2.08. The predicted octanol–water partition coefficient (Wildman–Crippen LogP) is 1.75.